The van der Waals surface area contributed by atoms with Crippen LogP contribution in [0.1, 0.15) is 79.7 Å². The SMILES string of the molecule is CC(C)(C)OC(=O)N1CCC[C@@H]1C(=O)Nc1ncnc2c1ncn2[C@@H]1O[C@@H]2CO[P@](=O)(S)O[C@@H]3C(CO[P@@](=O)(S)O[C@H]2[C@H]1OC(=O)[C@H]1CCCN1C(=O)OC(C)(C)C)O[C@@H](n1cnc2c(N)ncnc21)[C@@H]3F. The lowest BCUT2D eigenvalue weighted by molar-refractivity contribution is -0.163. The number of anilines is 2. The number of nitrogens with zero attached hydrogens (tertiary/aromatic N) is 10. The number of carbonyl (C=O) groups is 4. The van der Waals surface area contributed by atoms with Gasteiger partial charge in [-0.2, -0.15) is 0 Å². The molecule has 5 saturated heterocycles. The van der Waals surface area contributed by atoms with Gasteiger partial charge in [0.25, 0.3) is 0 Å². The minimum Gasteiger partial charge on any atom is -0.453 e. The number of rotatable bonds is 6. The van der Waals surface area contributed by atoms with Gasteiger partial charge in [0.15, 0.2) is 53.2 Å². The number of likely N-dealkylation sites (tertiary alicyclic amines) is 2. The molecule has 3 amide bonds. The Kier molecular flexibility index (Phi) is 14.3. The molecule has 9 heterocycles. The molecule has 3 N–H and O–H groups in total. The van der Waals surface area contributed by atoms with Gasteiger partial charge in [-0.15, -0.1) is 0 Å². The minimum atomic E-state index is -4.66. The first-order valence-electron chi connectivity index (χ1n) is 22.7. The third-order valence-corrected chi connectivity index (χ3v) is 15.2. The maximum atomic E-state index is 16.5. The number of hydrogen-bond donors (Lipinski definition) is 4. The summed E-state index contributed by atoms with van der Waals surface area (Å²) in [6.45, 7) is -0.151. The molecular weight excluding hydrogens is 1030 g/mol. The van der Waals surface area contributed by atoms with Gasteiger partial charge < -0.3 is 34.7 Å². The lowest BCUT2D eigenvalue weighted by Gasteiger charge is -2.31. The number of nitrogens with one attached hydrogen (secondary N) is 1. The van der Waals surface area contributed by atoms with E-state index in [9.17, 15) is 28.3 Å². The Morgan fingerprint density at radius 1 is 0.736 bits per heavy atom. The number of amides is 3. The number of imidazole rings is 2. The number of esters is 1. The number of aromatic nitrogens is 8. The van der Waals surface area contributed by atoms with Gasteiger partial charge >= 0.3 is 31.8 Å². The second kappa shape index (κ2) is 19.8. The predicted octanol–water partition coefficient (Wildman–Crippen LogP) is 4.92. The molecule has 72 heavy (non-hydrogen) atoms. The summed E-state index contributed by atoms with van der Waals surface area (Å²) in [5.41, 5.74) is 4.52. The van der Waals surface area contributed by atoms with Crippen molar-refractivity contribution in [2.45, 2.75) is 140 Å². The lowest BCUT2D eigenvalue weighted by atomic mass is 10.1. The molecular formula is C40H53FN12O15P2S2. The highest BCUT2D eigenvalue weighted by Gasteiger charge is 2.56. The van der Waals surface area contributed by atoms with Gasteiger partial charge in [-0.3, -0.25) is 41.8 Å². The second-order valence-corrected chi connectivity index (χ2v) is 25.2. The van der Waals surface area contributed by atoms with Crippen molar-refractivity contribution in [3.8, 4) is 0 Å². The first kappa shape index (κ1) is 52.1. The van der Waals surface area contributed by atoms with Crippen LogP contribution in [0.3, 0.4) is 0 Å². The average Bonchev–Trinajstić information content (AvgIpc) is 4.15. The normalized spacial score (nSPS) is 32.5. The monoisotopic (exact) mass is 1090 g/mol. The fraction of sp³-hybridized carbons (Fsp3) is 0.650. The first-order valence-corrected chi connectivity index (χ1v) is 28.1. The van der Waals surface area contributed by atoms with Crippen LogP contribution in [0.15, 0.2) is 25.3 Å². The van der Waals surface area contributed by atoms with Gasteiger partial charge in [-0.1, -0.05) is 24.5 Å². The van der Waals surface area contributed by atoms with Gasteiger partial charge in [-0.25, -0.2) is 57.8 Å². The van der Waals surface area contributed by atoms with Crippen LogP contribution < -0.4 is 11.1 Å². The number of fused-ring (bicyclic) bond motifs is 4. The second-order valence-electron chi connectivity index (χ2n) is 19.4. The molecule has 1 unspecified atom stereocenters. The maximum absolute atomic E-state index is 16.5. The van der Waals surface area contributed by atoms with E-state index in [1.165, 1.54) is 31.6 Å². The third-order valence-electron chi connectivity index (χ3n) is 12.0. The van der Waals surface area contributed by atoms with E-state index in [4.69, 9.17) is 47.5 Å². The Balaban J connectivity index is 1.02. The summed E-state index contributed by atoms with van der Waals surface area (Å²) in [7, 11) is 0. The fourth-order valence-corrected chi connectivity index (χ4v) is 11.9. The number of halogens is 1. The van der Waals surface area contributed by atoms with E-state index in [0.717, 1.165) is 12.7 Å². The van der Waals surface area contributed by atoms with Crippen LogP contribution in [0.2, 0.25) is 0 Å². The number of hydrogen-bond acceptors (Lipinski definition) is 22. The van der Waals surface area contributed by atoms with Gasteiger partial charge in [-0.05, 0) is 67.2 Å². The third kappa shape index (κ3) is 10.9. The van der Waals surface area contributed by atoms with Crippen LogP contribution in [-0.4, -0.2) is 159 Å². The highest BCUT2D eigenvalue weighted by molar-refractivity contribution is 8.44. The fourth-order valence-electron chi connectivity index (χ4n) is 8.93. The molecule has 9 rings (SSSR count). The average molecular weight is 1090 g/mol. The quantitative estimate of drug-likeness (QED) is 0.0861. The summed E-state index contributed by atoms with van der Waals surface area (Å²) in [6.07, 6.45) is -8.38. The molecule has 32 heteroatoms. The van der Waals surface area contributed by atoms with E-state index < -0.39 is 123 Å². The molecule has 5 aliphatic heterocycles. The van der Waals surface area contributed by atoms with Crippen molar-refractivity contribution < 1.29 is 74.5 Å². The van der Waals surface area contributed by atoms with Gasteiger partial charge in [0.05, 0.1) is 25.9 Å². The molecule has 0 aromatic carbocycles. The molecule has 0 radical (unpaired) electrons. The predicted molar refractivity (Wildman–Crippen MR) is 253 cm³/mol. The molecule has 5 aliphatic rings. The molecule has 0 spiro atoms. The van der Waals surface area contributed by atoms with Crippen LogP contribution in [-0.2, 0) is 60.5 Å². The van der Waals surface area contributed by atoms with Gasteiger partial charge in [0, 0.05) is 13.1 Å². The van der Waals surface area contributed by atoms with Gasteiger partial charge in [0.2, 0.25) is 5.91 Å². The van der Waals surface area contributed by atoms with Crippen LogP contribution >= 0.6 is 38.1 Å². The molecule has 5 fully saturated rings. The van der Waals surface area contributed by atoms with Crippen LogP contribution in [0.4, 0.5) is 25.6 Å². The first-order chi connectivity index (χ1) is 33.9. The molecule has 0 saturated carbocycles. The molecule has 0 bridgehead atoms. The largest absolute Gasteiger partial charge is 0.453 e. The Morgan fingerprint density at radius 3 is 1.88 bits per heavy atom. The Hall–Kier alpha value is -4.77. The molecule has 0 aliphatic carbocycles. The summed E-state index contributed by atoms with van der Waals surface area (Å²) in [5, 5.41) is 2.74. The summed E-state index contributed by atoms with van der Waals surface area (Å²) in [5.74, 6) is -1.56. The Bertz CT molecular complexity index is 2850. The smallest absolute Gasteiger partial charge is 0.411 e. The van der Waals surface area contributed by atoms with Crippen LogP contribution in [0.25, 0.3) is 22.3 Å². The number of nitrogen functional groups attached to an aromatic ring is 1. The number of carbonyl (C=O) groups excluding carboxylic acids is 4. The zero-order chi connectivity index (χ0) is 51.7. The number of alkyl halides is 1. The van der Waals surface area contributed by atoms with Crippen molar-refractivity contribution in [1.82, 2.24) is 48.8 Å². The molecule has 4 aromatic rings. The summed E-state index contributed by atoms with van der Waals surface area (Å²) in [6, 6.07) is -2.07. The van der Waals surface area contributed by atoms with E-state index in [1.807, 2.05) is 0 Å². The molecule has 4 aromatic heterocycles. The topological polar surface area (TPSA) is 317 Å². The summed E-state index contributed by atoms with van der Waals surface area (Å²) in [4.78, 5) is 82.4. The zero-order valence-electron chi connectivity index (χ0n) is 39.6. The Labute approximate surface area is 420 Å². The van der Waals surface area contributed by atoms with E-state index >= 15 is 4.39 Å². The zero-order valence-corrected chi connectivity index (χ0v) is 43.2. The molecule has 12 atom stereocenters. The van der Waals surface area contributed by atoms with Crippen molar-refractivity contribution in [1.29, 1.82) is 0 Å². The lowest BCUT2D eigenvalue weighted by Crippen LogP contribution is -2.47. The van der Waals surface area contributed by atoms with Crippen molar-refractivity contribution >= 4 is 96.1 Å². The van der Waals surface area contributed by atoms with Crippen molar-refractivity contribution in [3.05, 3.63) is 25.3 Å². The maximum Gasteiger partial charge on any atom is 0.411 e. The van der Waals surface area contributed by atoms with E-state index in [2.05, 4.69) is 59.7 Å². The molecule has 392 valence electrons. The highest BCUT2D eigenvalue weighted by atomic mass is 32.7. The highest BCUT2D eigenvalue weighted by Crippen LogP contribution is 2.61. The number of ether oxygens (including phenoxy) is 5. The molecule has 27 nitrogen and oxygen atoms in total. The van der Waals surface area contributed by atoms with Crippen LogP contribution in [0.5, 0.6) is 0 Å². The van der Waals surface area contributed by atoms with Crippen molar-refractivity contribution in [2.24, 2.45) is 0 Å². The van der Waals surface area contributed by atoms with Crippen molar-refractivity contribution in [3.63, 3.8) is 0 Å². The summed E-state index contributed by atoms with van der Waals surface area (Å²) >= 11 is 8.43. The number of nitrogens with two attached hydrogens (primary N) is 1. The van der Waals surface area contributed by atoms with E-state index in [1.54, 1.807) is 41.5 Å². The summed E-state index contributed by atoms with van der Waals surface area (Å²) < 4.78 is 101. The van der Waals surface area contributed by atoms with Crippen LogP contribution in [0, 0.1) is 0 Å². The van der Waals surface area contributed by atoms with Crippen molar-refractivity contribution in [2.75, 3.05) is 37.4 Å². The number of thiol groups is 2. The minimum absolute atomic E-state index is 0.0121. The standard InChI is InChI=1S/C40H53FN12O15P2S2/c1-39(2,3)65-37(56)50-11-7-9-19(50)33(54)49-30-25-32(46-16-44-30)53(18-48-25)35-28(64-36(55)20-10-8-12-51(20)38(57)66-40(4,5)6)27-22(63-35)14-61-69(58,71)67-26-21(13-60-70(59,72)68-27)62-34(23(26)41)52-17-47-24-29(42)43-15-45-31(24)52/h15-23,26-28,34-35H,7-14H2,1-6H3,(H,58,71)(H,59,72)(H2,42,43,45)(H,44,46,49,54)/t19-,20-,21?,22-,23-,26-,27-,28-,34-,35-,69+,70-/m1/s1. The van der Waals surface area contributed by atoms with E-state index in [-0.39, 0.29) is 53.5 Å². The Morgan fingerprint density at radius 2 is 1.25 bits per heavy atom. The van der Waals surface area contributed by atoms with E-state index in [0.29, 0.717) is 19.3 Å². The van der Waals surface area contributed by atoms with Gasteiger partial charge in [0.1, 0.15) is 65.9 Å².